The molecule has 4 N–H and O–H groups in total. The van der Waals surface area contributed by atoms with Gasteiger partial charge in [0.05, 0.1) is 11.4 Å². The number of hydrogen-bond donors (Lipinski definition) is 3. The minimum absolute atomic E-state index is 0.0288. The highest BCUT2D eigenvalue weighted by Crippen LogP contribution is 2.22. The number of phenols is 1. The molecule has 0 aliphatic carbocycles. The molecule has 106 valence electrons. The number of aromatic nitrogens is 3. The van der Waals surface area contributed by atoms with Crippen molar-refractivity contribution in [3.63, 3.8) is 0 Å². The second kappa shape index (κ2) is 6.29. The van der Waals surface area contributed by atoms with E-state index in [0.717, 1.165) is 0 Å². The Morgan fingerprint density at radius 1 is 1.45 bits per heavy atom. The zero-order chi connectivity index (χ0) is 14.5. The molecule has 0 saturated carbocycles. The van der Waals surface area contributed by atoms with Crippen LogP contribution in [0.1, 0.15) is 12.7 Å². The molecule has 1 amide bonds. The van der Waals surface area contributed by atoms with Gasteiger partial charge in [0.25, 0.3) is 0 Å². The van der Waals surface area contributed by atoms with Crippen LogP contribution in [0.3, 0.4) is 0 Å². The first kappa shape index (κ1) is 14.2. The van der Waals surface area contributed by atoms with Crippen LogP contribution in [0.15, 0.2) is 29.4 Å². The lowest BCUT2D eigenvalue weighted by molar-refractivity contribution is -0.113. The Kier molecular flexibility index (Phi) is 4.46. The summed E-state index contributed by atoms with van der Waals surface area (Å²) in [5.41, 5.74) is 0.376. The molecule has 20 heavy (non-hydrogen) atoms. The molecule has 0 unspecified atom stereocenters. The van der Waals surface area contributed by atoms with E-state index in [4.69, 9.17) is 5.84 Å². The van der Waals surface area contributed by atoms with Gasteiger partial charge >= 0.3 is 0 Å². The molecule has 0 atom stereocenters. The van der Waals surface area contributed by atoms with E-state index in [9.17, 15) is 9.90 Å². The Hall–Kier alpha value is -2.22. The summed E-state index contributed by atoms with van der Waals surface area (Å²) in [7, 11) is 0. The van der Waals surface area contributed by atoms with E-state index < -0.39 is 0 Å². The van der Waals surface area contributed by atoms with E-state index in [2.05, 4.69) is 15.5 Å². The molecule has 0 spiro atoms. The molecule has 0 bridgehead atoms. The third-order valence-electron chi connectivity index (χ3n) is 2.56. The monoisotopic (exact) mass is 293 g/mol. The molecular weight excluding hydrogens is 278 g/mol. The van der Waals surface area contributed by atoms with Gasteiger partial charge in [-0.2, -0.15) is 0 Å². The third kappa shape index (κ3) is 3.21. The van der Waals surface area contributed by atoms with Crippen molar-refractivity contribution < 1.29 is 9.90 Å². The zero-order valence-corrected chi connectivity index (χ0v) is 11.7. The molecule has 7 nitrogen and oxygen atoms in total. The maximum Gasteiger partial charge on any atom is 0.234 e. The van der Waals surface area contributed by atoms with Gasteiger partial charge in [-0.3, -0.25) is 4.79 Å². The SMILES string of the molecule is CCc1nnc(SCC(=O)Nc2ccccc2O)n1N. The van der Waals surface area contributed by atoms with E-state index in [-0.39, 0.29) is 17.4 Å². The number of aryl methyl sites for hydroxylation is 1. The summed E-state index contributed by atoms with van der Waals surface area (Å²) in [6.45, 7) is 1.92. The number of anilines is 1. The van der Waals surface area contributed by atoms with E-state index in [0.29, 0.717) is 23.1 Å². The lowest BCUT2D eigenvalue weighted by Crippen LogP contribution is -2.17. The third-order valence-corrected chi connectivity index (χ3v) is 3.50. The number of phenolic OH excluding ortho intramolecular Hbond substituents is 1. The van der Waals surface area contributed by atoms with Crippen molar-refractivity contribution in [1.82, 2.24) is 14.9 Å². The van der Waals surface area contributed by atoms with Crippen molar-refractivity contribution in [2.75, 3.05) is 16.9 Å². The van der Waals surface area contributed by atoms with Crippen molar-refractivity contribution in [2.45, 2.75) is 18.5 Å². The average Bonchev–Trinajstić information content (AvgIpc) is 2.79. The van der Waals surface area contributed by atoms with Crippen LogP contribution in [0.5, 0.6) is 5.75 Å². The normalized spacial score (nSPS) is 10.4. The largest absolute Gasteiger partial charge is 0.506 e. The zero-order valence-electron chi connectivity index (χ0n) is 10.9. The molecule has 0 fully saturated rings. The molecule has 2 rings (SSSR count). The summed E-state index contributed by atoms with van der Waals surface area (Å²) >= 11 is 1.19. The fraction of sp³-hybridized carbons (Fsp3) is 0.250. The van der Waals surface area contributed by atoms with Crippen LogP contribution in [0.4, 0.5) is 5.69 Å². The quantitative estimate of drug-likeness (QED) is 0.431. The first-order valence-corrected chi connectivity index (χ1v) is 7.00. The number of aromatic hydroxyl groups is 1. The number of hydrogen-bond acceptors (Lipinski definition) is 6. The van der Waals surface area contributed by atoms with Crippen molar-refractivity contribution in [3.05, 3.63) is 30.1 Å². The number of amides is 1. The molecule has 0 radical (unpaired) electrons. The summed E-state index contributed by atoms with van der Waals surface area (Å²) in [5, 5.41) is 20.5. The fourth-order valence-corrected chi connectivity index (χ4v) is 2.22. The highest BCUT2D eigenvalue weighted by atomic mass is 32.2. The van der Waals surface area contributed by atoms with Crippen molar-refractivity contribution in [3.8, 4) is 5.75 Å². The summed E-state index contributed by atoms with van der Waals surface area (Å²) in [5.74, 6) is 6.35. The Bertz CT molecular complexity index is 614. The second-order valence-electron chi connectivity index (χ2n) is 3.98. The Balaban J connectivity index is 1.92. The lowest BCUT2D eigenvalue weighted by Gasteiger charge is -2.06. The lowest BCUT2D eigenvalue weighted by atomic mass is 10.3. The smallest absolute Gasteiger partial charge is 0.234 e. The van der Waals surface area contributed by atoms with Crippen LogP contribution in [0, 0.1) is 0 Å². The maximum atomic E-state index is 11.8. The number of thioether (sulfide) groups is 1. The number of benzene rings is 1. The molecule has 1 aromatic carbocycles. The van der Waals surface area contributed by atoms with Gasteiger partial charge in [0.1, 0.15) is 5.75 Å². The van der Waals surface area contributed by atoms with Gasteiger partial charge in [-0.05, 0) is 12.1 Å². The Morgan fingerprint density at radius 2 is 2.20 bits per heavy atom. The van der Waals surface area contributed by atoms with Gasteiger partial charge in [-0.25, -0.2) is 4.68 Å². The van der Waals surface area contributed by atoms with Gasteiger partial charge in [0, 0.05) is 6.42 Å². The summed E-state index contributed by atoms with van der Waals surface area (Å²) in [6, 6.07) is 6.54. The number of nitrogens with two attached hydrogens (primary N) is 1. The van der Waals surface area contributed by atoms with Gasteiger partial charge < -0.3 is 16.3 Å². The van der Waals surface area contributed by atoms with Gasteiger partial charge in [-0.1, -0.05) is 30.8 Å². The predicted octanol–water partition coefficient (Wildman–Crippen LogP) is 0.991. The average molecular weight is 293 g/mol. The highest BCUT2D eigenvalue weighted by Gasteiger charge is 2.12. The molecule has 0 saturated heterocycles. The van der Waals surface area contributed by atoms with Crippen LogP contribution < -0.4 is 11.2 Å². The van der Waals surface area contributed by atoms with E-state index in [1.807, 2.05) is 6.92 Å². The molecule has 0 aliphatic rings. The molecule has 1 aromatic heterocycles. The summed E-state index contributed by atoms with van der Waals surface area (Å²) < 4.78 is 1.37. The fourth-order valence-electron chi connectivity index (χ4n) is 1.54. The second-order valence-corrected chi connectivity index (χ2v) is 4.92. The number of nitrogens with zero attached hydrogens (tertiary/aromatic N) is 3. The van der Waals surface area contributed by atoms with Gasteiger partial charge in [0.2, 0.25) is 11.1 Å². The van der Waals surface area contributed by atoms with Crippen LogP contribution >= 0.6 is 11.8 Å². The molecule has 2 aromatic rings. The van der Waals surface area contributed by atoms with Crippen molar-refractivity contribution in [1.29, 1.82) is 0 Å². The predicted molar refractivity (Wildman–Crippen MR) is 77.0 cm³/mol. The Morgan fingerprint density at radius 3 is 2.85 bits per heavy atom. The standard InChI is InChI=1S/C12H15N5O2S/c1-2-10-15-16-12(17(10)13)20-7-11(19)14-8-5-3-4-6-9(8)18/h3-6,18H,2,7,13H2,1H3,(H,14,19). The molecule has 1 heterocycles. The molecule has 8 heteroatoms. The van der Waals surface area contributed by atoms with Gasteiger partial charge in [-0.15, -0.1) is 10.2 Å². The van der Waals surface area contributed by atoms with Gasteiger partial charge in [0.15, 0.2) is 5.82 Å². The van der Waals surface area contributed by atoms with Crippen LogP contribution in [-0.4, -0.2) is 31.6 Å². The number of nitrogens with one attached hydrogen (secondary N) is 1. The van der Waals surface area contributed by atoms with Crippen molar-refractivity contribution in [2.24, 2.45) is 0 Å². The van der Waals surface area contributed by atoms with E-state index >= 15 is 0 Å². The number of carbonyl (C=O) groups excluding carboxylic acids is 1. The Labute approximate surface area is 120 Å². The summed E-state index contributed by atoms with van der Waals surface area (Å²) in [4.78, 5) is 11.8. The van der Waals surface area contributed by atoms with Crippen LogP contribution in [0.25, 0.3) is 0 Å². The van der Waals surface area contributed by atoms with E-state index in [1.54, 1.807) is 18.2 Å². The minimum Gasteiger partial charge on any atom is -0.506 e. The van der Waals surface area contributed by atoms with Crippen LogP contribution in [0.2, 0.25) is 0 Å². The number of carbonyl (C=O) groups is 1. The number of nitrogen functional groups attached to an aromatic ring is 1. The molecular formula is C12H15N5O2S. The number of para-hydroxylation sites is 2. The first-order valence-electron chi connectivity index (χ1n) is 6.01. The highest BCUT2D eigenvalue weighted by molar-refractivity contribution is 7.99. The first-order chi connectivity index (χ1) is 9.61. The number of rotatable bonds is 5. The molecule has 0 aliphatic heterocycles. The minimum atomic E-state index is -0.252. The van der Waals surface area contributed by atoms with Crippen LogP contribution in [-0.2, 0) is 11.2 Å². The van der Waals surface area contributed by atoms with Crippen molar-refractivity contribution >= 4 is 23.4 Å². The topological polar surface area (TPSA) is 106 Å². The van der Waals surface area contributed by atoms with E-state index in [1.165, 1.54) is 22.5 Å². The summed E-state index contributed by atoms with van der Waals surface area (Å²) in [6.07, 6.45) is 0.675. The maximum absolute atomic E-state index is 11.8.